The van der Waals surface area contributed by atoms with Crippen LogP contribution in [0.1, 0.15) is 13.8 Å². The Bertz CT molecular complexity index is 475. The highest BCUT2D eigenvalue weighted by Gasteiger charge is 2.17. The number of urea groups is 1. The van der Waals surface area contributed by atoms with Crippen molar-refractivity contribution in [3.63, 3.8) is 0 Å². The van der Waals surface area contributed by atoms with E-state index in [2.05, 4.69) is 11.8 Å². The summed E-state index contributed by atoms with van der Waals surface area (Å²) in [6, 6.07) is 4.73. The van der Waals surface area contributed by atoms with Gasteiger partial charge >= 0.3 is 6.03 Å². The van der Waals surface area contributed by atoms with Crippen molar-refractivity contribution in [1.29, 1.82) is 0 Å². The summed E-state index contributed by atoms with van der Waals surface area (Å²) in [6.07, 6.45) is 0.0281. The van der Waals surface area contributed by atoms with Gasteiger partial charge in [-0.25, -0.2) is 4.79 Å². The van der Waals surface area contributed by atoms with Gasteiger partial charge in [0.2, 0.25) is 0 Å². The minimum absolute atomic E-state index is 0.0281. The number of nitrogens with zero attached hydrogens (tertiary/aromatic N) is 3. The fraction of sp³-hybridized carbons (Fsp3) is 0.385. The molecule has 0 aliphatic rings. The smallest absolute Gasteiger partial charge is 0.344 e. The van der Waals surface area contributed by atoms with Crippen molar-refractivity contribution >= 4 is 30.0 Å². The Morgan fingerprint density at radius 2 is 2.05 bits per heavy atom. The fourth-order valence-electron chi connectivity index (χ4n) is 1.41. The van der Waals surface area contributed by atoms with E-state index in [-0.39, 0.29) is 12.1 Å². The summed E-state index contributed by atoms with van der Waals surface area (Å²) in [6.45, 7) is 7.22. The molecule has 0 bridgehead atoms. The second kappa shape index (κ2) is 6.43. The van der Waals surface area contributed by atoms with Crippen LogP contribution in [0.2, 0.25) is 5.02 Å². The van der Waals surface area contributed by atoms with Crippen LogP contribution < -0.4 is 9.75 Å². The Kier molecular flexibility index (Phi) is 5.18. The molecule has 1 aromatic carbocycles. The first-order valence-electron chi connectivity index (χ1n) is 5.81. The van der Waals surface area contributed by atoms with E-state index in [1.54, 1.807) is 32.3 Å². The van der Waals surface area contributed by atoms with Gasteiger partial charge in [-0.1, -0.05) is 11.6 Å². The number of hydrogen-bond donors (Lipinski definition) is 0. The standard InChI is InChI=1S/C13H18ClN3O2/c1-9(2)19-12-7-6-10(8-11(12)14)17(15-3)13(18)16(4)5/h6-9H,3H2,1-2,4-5H3. The maximum absolute atomic E-state index is 11.9. The molecular weight excluding hydrogens is 266 g/mol. The zero-order chi connectivity index (χ0) is 14.6. The summed E-state index contributed by atoms with van der Waals surface area (Å²) >= 11 is 6.12. The fourth-order valence-corrected chi connectivity index (χ4v) is 1.63. The number of carbonyl (C=O) groups is 1. The van der Waals surface area contributed by atoms with E-state index >= 15 is 0 Å². The molecule has 5 nitrogen and oxygen atoms in total. The van der Waals surface area contributed by atoms with Crippen molar-refractivity contribution in [1.82, 2.24) is 4.90 Å². The second-order valence-electron chi connectivity index (χ2n) is 4.41. The Morgan fingerprint density at radius 3 is 2.47 bits per heavy atom. The van der Waals surface area contributed by atoms with Gasteiger partial charge in [0.25, 0.3) is 0 Å². The number of ether oxygens (including phenoxy) is 1. The number of amides is 2. The Labute approximate surface area is 118 Å². The average molecular weight is 284 g/mol. The predicted octanol–water partition coefficient (Wildman–Crippen LogP) is 3.23. The molecule has 0 aliphatic heterocycles. The van der Waals surface area contributed by atoms with Gasteiger partial charge in [0, 0.05) is 20.8 Å². The number of benzene rings is 1. The lowest BCUT2D eigenvalue weighted by molar-refractivity contribution is 0.224. The van der Waals surface area contributed by atoms with Crippen LogP contribution in [-0.4, -0.2) is 37.8 Å². The van der Waals surface area contributed by atoms with Crippen LogP contribution in [0.5, 0.6) is 5.75 Å². The highest BCUT2D eigenvalue weighted by Crippen LogP contribution is 2.30. The van der Waals surface area contributed by atoms with Gasteiger partial charge in [-0.15, -0.1) is 0 Å². The average Bonchev–Trinajstić information content (AvgIpc) is 2.32. The van der Waals surface area contributed by atoms with Crippen molar-refractivity contribution in [3.05, 3.63) is 23.2 Å². The molecule has 0 atom stereocenters. The summed E-state index contributed by atoms with van der Waals surface area (Å²) in [7, 11) is 3.27. The van der Waals surface area contributed by atoms with Crippen molar-refractivity contribution in [2.45, 2.75) is 20.0 Å². The highest BCUT2D eigenvalue weighted by molar-refractivity contribution is 6.32. The molecule has 0 aliphatic carbocycles. The molecule has 104 valence electrons. The summed E-state index contributed by atoms with van der Waals surface area (Å²) in [4.78, 5) is 13.3. The zero-order valence-corrected chi connectivity index (χ0v) is 12.3. The van der Waals surface area contributed by atoms with Gasteiger partial charge in [-0.2, -0.15) is 10.1 Å². The van der Waals surface area contributed by atoms with Crippen LogP contribution in [0.25, 0.3) is 0 Å². The van der Waals surface area contributed by atoms with E-state index in [1.165, 1.54) is 9.91 Å². The summed E-state index contributed by atoms with van der Waals surface area (Å²) in [5.74, 6) is 0.571. The zero-order valence-electron chi connectivity index (χ0n) is 11.6. The molecule has 0 heterocycles. The topological polar surface area (TPSA) is 45.1 Å². The summed E-state index contributed by atoms with van der Waals surface area (Å²) in [5, 5.41) is 5.30. The van der Waals surface area contributed by atoms with Gasteiger partial charge < -0.3 is 9.64 Å². The van der Waals surface area contributed by atoms with Gasteiger partial charge in [-0.05, 0) is 32.0 Å². The summed E-state index contributed by atoms with van der Waals surface area (Å²) < 4.78 is 5.53. The summed E-state index contributed by atoms with van der Waals surface area (Å²) in [5.41, 5.74) is 0.537. The molecule has 0 radical (unpaired) electrons. The molecule has 0 saturated carbocycles. The number of hydrazone groups is 1. The maximum atomic E-state index is 11.9. The van der Waals surface area contributed by atoms with Crippen LogP contribution in [0, 0.1) is 0 Å². The Morgan fingerprint density at radius 1 is 1.42 bits per heavy atom. The molecular formula is C13H18ClN3O2. The number of rotatable bonds is 4. The van der Waals surface area contributed by atoms with E-state index in [0.29, 0.717) is 16.5 Å². The van der Waals surface area contributed by atoms with Crippen molar-refractivity contribution in [2.24, 2.45) is 5.10 Å². The minimum Gasteiger partial charge on any atom is -0.489 e. The third kappa shape index (κ3) is 3.86. The van der Waals surface area contributed by atoms with Crippen molar-refractivity contribution in [3.8, 4) is 5.75 Å². The van der Waals surface area contributed by atoms with E-state index in [0.717, 1.165) is 0 Å². The first-order chi connectivity index (χ1) is 8.86. The predicted molar refractivity (Wildman–Crippen MR) is 78.3 cm³/mol. The quantitative estimate of drug-likeness (QED) is 0.629. The van der Waals surface area contributed by atoms with Crippen LogP contribution in [0.4, 0.5) is 10.5 Å². The lowest BCUT2D eigenvalue weighted by Crippen LogP contribution is -2.35. The van der Waals surface area contributed by atoms with E-state index in [9.17, 15) is 4.79 Å². The molecule has 0 spiro atoms. The number of hydrogen-bond acceptors (Lipinski definition) is 3. The molecule has 1 rings (SSSR count). The molecule has 1 aromatic rings. The molecule has 0 N–H and O–H groups in total. The largest absolute Gasteiger partial charge is 0.489 e. The monoisotopic (exact) mass is 283 g/mol. The minimum atomic E-state index is -0.302. The van der Waals surface area contributed by atoms with Gasteiger partial charge in [0.05, 0.1) is 16.8 Å². The van der Waals surface area contributed by atoms with Gasteiger partial charge in [-0.3, -0.25) is 0 Å². The lowest BCUT2D eigenvalue weighted by Gasteiger charge is -2.21. The normalized spacial score (nSPS) is 10.2. The number of halogens is 1. The molecule has 0 unspecified atom stereocenters. The number of anilines is 1. The van der Waals surface area contributed by atoms with Gasteiger partial charge in [0.1, 0.15) is 5.75 Å². The third-order valence-corrected chi connectivity index (χ3v) is 2.52. The third-order valence-electron chi connectivity index (χ3n) is 2.23. The molecule has 2 amide bonds. The molecule has 0 fully saturated rings. The van der Waals surface area contributed by atoms with Gasteiger partial charge in [0.15, 0.2) is 0 Å². The van der Waals surface area contributed by atoms with Crippen LogP contribution in [-0.2, 0) is 0 Å². The van der Waals surface area contributed by atoms with Crippen molar-refractivity contribution < 1.29 is 9.53 Å². The highest BCUT2D eigenvalue weighted by atomic mass is 35.5. The maximum Gasteiger partial charge on any atom is 0.344 e. The van der Waals surface area contributed by atoms with Crippen molar-refractivity contribution in [2.75, 3.05) is 19.1 Å². The van der Waals surface area contributed by atoms with E-state index < -0.39 is 0 Å². The first-order valence-corrected chi connectivity index (χ1v) is 6.19. The van der Waals surface area contributed by atoms with E-state index in [4.69, 9.17) is 16.3 Å². The Balaban J connectivity index is 3.04. The Hall–Kier alpha value is -1.75. The van der Waals surface area contributed by atoms with Crippen LogP contribution >= 0.6 is 11.6 Å². The second-order valence-corrected chi connectivity index (χ2v) is 4.82. The van der Waals surface area contributed by atoms with Crippen LogP contribution in [0.3, 0.4) is 0 Å². The lowest BCUT2D eigenvalue weighted by atomic mass is 10.3. The molecule has 0 aromatic heterocycles. The first kappa shape index (κ1) is 15.3. The SMILES string of the molecule is C=NN(C(=O)N(C)C)c1ccc(OC(C)C)c(Cl)c1. The molecule has 6 heteroatoms. The molecule has 0 saturated heterocycles. The van der Waals surface area contributed by atoms with Crippen LogP contribution in [0.15, 0.2) is 23.3 Å². The van der Waals surface area contributed by atoms with E-state index in [1.807, 2.05) is 13.8 Å². The molecule has 19 heavy (non-hydrogen) atoms. The number of carbonyl (C=O) groups excluding carboxylic acids is 1.